The minimum atomic E-state index is -0.975. The standard InChI is InChI=1S/C36H40F2N2O4/c1-24-21-36(34(41)43-2,27-10-12-28(37)13-11-27)18-19-39(24)35(42)40-22-32(31-17-14-29(38)20-33(31)40)26-8-15-30(16-9-26)44-23-25-6-4-3-5-7-25/h3-7,10-14,17,20,24,26,30,32H,8-9,15-16,18-19,21-23H2,1-2H3/t24-,26?,30?,32?,36-/m0/s1. The molecular formula is C36H40F2N2O4. The van der Waals surface area contributed by atoms with Gasteiger partial charge in [0.25, 0.3) is 0 Å². The molecule has 6 nitrogen and oxygen atoms in total. The Hall–Kier alpha value is -3.78. The topological polar surface area (TPSA) is 59.1 Å². The maximum Gasteiger partial charge on any atom is 0.324 e. The van der Waals surface area contributed by atoms with Crippen molar-refractivity contribution in [3.05, 3.63) is 101 Å². The molecular weight excluding hydrogens is 562 g/mol. The Balaban J connectivity index is 1.15. The molecule has 3 aliphatic rings. The summed E-state index contributed by atoms with van der Waals surface area (Å²) < 4.78 is 39.7. The zero-order valence-electron chi connectivity index (χ0n) is 25.4. The zero-order valence-corrected chi connectivity index (χ0v) is 25.4. The van der Waals surface area contributed by atoms with Crippen molar-refractivity contribution in [1.82, 2.24) is 4.90 Å². The third-order valence-electron chi connectivity index (χ3n) is 10.1. The lowest BCUT2D eigenvalue weighted by Gasteiger charge is -2.45. The van der Waals surface area contributed by atoms with Gasteiger partial charge in [0.15, 0.2) is 0 Å². The second-order valence-electron chi connectivity index (χ2n) is 12.6. The van der Waals surface area contributed by atoms with Gasteiger partial charge in [-0.15, -0.1) is 0 Å². The molecule has 0 bridgehead atoms. The van der Waals surface area contributed by atoms with E-state index in [1.54, 1.807) is 21.9 Å². The second kappa shape index (κ2) is 12.7. The number of ether oxygens (including phenoxy) is 2. The number of fused-ring (bicyclic) bond motifs is 1. The summed E-state index contributed by atoms with van der Waals surface area (Å²) in [4.78, 5) is 30.8. The number of likely N-dealkylation sites (tertiary alicyclic amines) is 1. The molecule has 44 heavy (non-hydrogen) atoms. The molecule has 3 aromatic rings. The highest BCUT2D eigenvalue weighted by atomic mass is 19.1. The molecule has 232 valence electrons. The van der Waals surface area contributed by atoms with Crippen LogP contribution in [0.3, 0.4) is 0 Å². The lowest BCUT2D eigenvalue weighted by atomic mass is 9.70. The van der Waals surface area contributed by atoms with Crippen molar-refractivity contribution in [2.45, 2.75) is 75.5 Å². The maximum atomic E-state index is 14.6. The quantitative estimate of drug-likeness (QED) is 0.277. The first-order valence-electron chi connectivity index (χ1n) is 15.7. The van der Waals surface area contributed by atoms with Crippen LogP contribution in [0.25, 0.3) is 0 Å². The first-order chi connectivity index (χ1) is 21.3. The number of methoxy groups -OCH3 is 1. The Morgan fingerprint density at radius 3 is 2.32 bits per heavy atom. The summed E-state index contributed by atoms with van der Waals surface area (Å²) in [5, 5.41) is 0. The molecule has 2 amide bonds. The van der Waals surface area contributed by atoms with E-state index in [2.05, 4.69) is 12.1 Å². The molecule has 1 unspecified atom stereocenters. The van der Waals surface area contributed by atoms with Gasteiger partial charge in [0.1, 0.15) is 11.6 Å². The minimum Gasteiger partial charge on any atom is -0.468 e. The lowest BCUT2D eigenvalue weighted by Crippen LogP contribution is -2.56. The highest BCUT2D eigenvalue weighted by Crippen LogP contribution is 2.47. The molecule has 0 radical (unpaired) electrons. The van der Waals surface area contributed by atoms with E-state index < -0.39 is 5.41 Å². The number of nitrogens with zero attached hydrogens (tertiary/aromatic N) is 2. The molecule has 1 saturated heterocycles. The van der Waals surface area contributed by atoms with Gasteiger partial charge in [0.2, 0.25) is 0 Å². The summed E-state index contributed by atoms with van der Waals surface area (Å²) in [6.07, 6.45) is 4.80. The molecule has 0 N–H and O–H groups in total. The van der Waals surface area contributed by atoms with Crippen LogP contribution in [0.4, 0.5) is 19.3 Å². The third-order valence-corrected chi connectivity index (χ3v) is 10.1. The Bertz CT molecular complexity index is 1480. The summed E-state index contributed by atoms with van der Waals surface area (Å²) in [5.41, 5.74) is 2.54. The second-order valence-corrected chi connectivity index (χ2v) is 12.6. The van der Waals surface area contributed by atoms with Crippen molar-refractivity contribution in [2.75, 3.05) is 25.1 Å². The average molecular weight is 603 g/mol. The van der Waals surface area contributed by atoms with Gasteiger partial charge >= 0.3 is 12.0 Å². The normalized spacial score (nSPS) is 26.7. The number of carbonyl (C=O) groups is 2. The number of hydrogen-bond donors (Lipinski definition) is 0. The van der Waals surface area contributed by atoms with Gasteiger partial charge in [0, 0.05) is 25.0 Å². The van der Waals surface area contributed by atoms with Gasteiger partial charge in [-0.25, -0.2) is 13.6 Å². The predicted octanol–water partition coefficient (Wildman–Crippen LogP) is 7.36. The largest absolute Gasteiger partial charge is 0.468 e. The highest BCUT2D eigenvalue weighted by molar-refractivity contribution is 5.95. The van der Waals surface area contributed by atoms with Crippen LogP contribution in [0.15, 0.2) is 72.8 Å². The van der Waals surface area contributed by atoms with E-state index in [1.165, 1.54) is 36.9 Å². The molecule has 3 atom stereocenters. The molecule has 2 heterocycles. The highest BCUT2D eigenvalue weighted by Gasteiger charge is 2.49. The molecule has 1 aliphatic carbocycles. The fourth-order valence-electron chi connectivity index (χ4n) is 7.70. The zero-order chi connectivity index (χ0) is 30.8. The Labute approximate surface area is 257 Å². The Morgan fingerprint density at radius 2 is 1.64 bits per heavy atom. The minimum absolute atomic E-state index is 0.123. The number of anilines is 1. The van der Waals surface area contributed by atoms with E-state index in [-0.39, 0.29) is 41.7 Å². The van der Waals surface area contributed by atoms with Crippen LogP contribution < -0.4 is 4.90 Å². The molecule has 0 aromatic heterocycles. The average Bonchev–Trinajstić information content (AvgIpc) is 3.42. The van der Waals surface area contributed by atoms with Gasteiger partial charge in [-0.1, -0.05) is 48.5 Å². The van der Waals surface area contributed by atoms with Crippen molar-refractivity contribution in [1.29, 1.82) is 0 Å². The van der Waals surface area contributed by atoms with E-state index in [0.717, 1.165) is 31.2 Å². The van der Waals surface area contributed by atoms with Crippen LogP contribution >= 0.6 is 0 Å². The Kier molecular flexibility index (Phi) is 8.72. The first kappa shape index (κ1) is 30.3. The van der Waals surface area contributed by atoms with E-state index in [9.17, 15) is 18.4 Å². The molecule has 2 aliphatic heterocycles. The summed E-state index contributed by atoms with van der Waals surface area (Å²) >= 11 is 0. The summed E-state index contributed by atoms with van der Waals surface area (Å²) in [7, 11) is 1.36. The molecule has 2 fully saturated rings. The van der Waals surface area contributed by atoms with Crippen molar-refractivity contribution < 1.29 is 27.8 Å². The van der Waals surface area contributed by atoms with Crippen molar-refractivity contribution in [2.24, 2.45) is 5.92 Å². The van der Waals surface area contributed by atoms with E-state index in [4.69, 9.17) is 9.47 Å². The predicted molar refractivity (Wildman–Crippen MR) is 164 cm³/mol. The third kappa shape index (κ3) is 5.84. The first-order valence-corrected chi connectivity index (χ1v) is 15.7. The molecule has 6 rings (SSSR count). The number of piperidine rings is 1. The number of carbonyl (C=O) groups excluding carboxylic acids is 2. The number of rotatable bonds is 6. The molecule has 0 spiro atoms. The van der Waals surface area contributed by atoms with Gasteiger partial charge in [-0.2, -0.15) is 0 Å². The van der Waals surface area contributed by atoms with Crippen molar-refractivity contribution in [3.63, 3.8) is 0 Å². The number of esters is 1. The van der Waals surface area contributed by atoms with Gasteiger partial charge < -0.3 is 14.4 Å². The van der Waals surface area contributed by atoms with Crippen LogP contribution in [-0.2, 0) is 26.3 Å². The number of urea groups is 1. The van der Waals surface area contributed by atoms with E-state index in [1.807, 2.05) is 31.2 Å². The molecule has 1 saturated carbocycles. The lowest BCUT2D eigenvalue weighted by molar-refractivity contribution is -0.150. The summed E-state index contributed by atoms with van der Waals surface area (Å²) in [6, 6.07) is 20.5. The maximum absolute atomic E-state index is 14.6. The van der Waals surface area contributed by atoms with Crippen LogP contribution in [0, 0.1) is 17.6 Å². The Morgan fingerprint density at radius 1 is 0.932 bits per heavy atom. The monoisotopic (exact) mass is 602 g/mol. The molecule has 3 aromatic carbocycles. The van der Waals surface area contributed by atoms with E-state index >= 15 is 0 Å². The van der Waals surface area contributed by atoms with Gasteiger partial charge in [-0.05, 0) is 92.3 Å². The van der Waals surface area contributed by atoms with Gasteiger partial charge in [-0.3, -0.25) is 9.69 Å². The number of benzene rings is 3. The molecule has 8 heteroatoms. The number of amides is 2. The smallest absolute Gasteiger partial charge is 0.324 e. The van der Waals surface area contributed by atoms with Crippen LogP contribution in [0.1, 0.15) is 68.1 Å². The fraction of sp³-hybridized carbons (Fsp3) is 0.444. The number of hydrogen-bond acceptors (Lipinski definition) is 4. The van der Waals surface area contributed by atoms with Crippen LogP contribution in [0.5, 0.6) is 0 Å². The summed E-state index contributed by atoms with van der Waals surface area (Å²) in [6.45, 7) is 3.36. The van der Waals surface area contributed by atoms with E-state index in [0.29, 0.717) is 49.7 Å². The van der Waals surface area contributed by atoms with Crippen molar-refractivity contribution >= 4 is 17.7 Å². The van der Waals surface area contributed by atoms with Crippen molar-refractivity contribution in [3.8, 4) is 0 Å². The SMILES string of the molecule is COC(=O)[C@@]1(c2ccc(F)cc2)CCN(C(=O)N2CC(C3CCC(OCc4ccccc4)CC3)c3ccc(F)cc32)[C@@H](C)C1. The fourth-order valence-corrected chi connectivity index (χ4v) is 7.70. The van der Waals surface area contributed by atoms with Crippen LogP contribution in [0.2, 0.25) is 0 Å². The van der Waals surface area contributed by atoms with Gasteiger partial charge in [0.05, 0.1) is 30.9 Å². The number of halogens is 2. The summed E-state index contributed by atoms with van der Waals surface area (Å²) in [5.74, 6) is -0.638. The van der Waals surface area contributed by atoms with Crippen LogP contribution in [-0.4, -0.2) is 49.2 Å².